The van der Waals surface area contributed by atoms with Gasteiger partial charge in [-0.05, 0) is 47.2 Å². The molecule has 4 rings (SSSR count). The Morgan fingerprint density at radius 1 is 1.09 bits per heavy atom. The summed E-state index contributed by atoms with van der Waals surface area (Å²) in [5.74, 6) is -1.11. The van der Waals surface area contributed by atoms with Crippen molar-refractivity contribution in [3.8, 4) is 39.8 Å². The molecule has 2 N–H and O–H groups in total. The molecule has 0 aliphatic heterocycles. The first kappa shape index (κ1) is 23.9. The number of hydrogen-bond donors (Lipinski definition) is 1. The first-order valence-electron chi connectivity index (χ1n) is 11.1. The lowest BCUT2D eigenvalue weighted by Crippen LogP contribution is -2.14. The number of nitriles is 1. The number of carbonyl (C=O) groups excluding carboxylic acids is 1. The van der Waals surface area contributed by atoms with Crippen molar-refractivity contribution in [2.75, 3.05) is 7.11 Å². The molecule has 0 atom stereocenters. The van der Waals surface area contributed by atoms with Crippen LogP contribution in [0.3, 0.4) is 0 Å². The molecular formula is C28H24FN3O3. The molecule has 176 valence electrons. The van der Waals surface area contributed by atoms with Crippen molar-refractivity contribution in [1.82, 2.24) is 5.16 Å². The van der Waals surface area contributed by atoms with Gasteiger partial charge in [-0.1, -0.05) is 53.7 Å². The SMILES string of the molecule is COCc1c(-c2cc(-c3ccc(C(N)=O)c(F)c3CCC#N)no2)ccc(-c2ccccc2)c1C. The molecule has 0 radical (unpaired) electrons. The number of methoxy groups -OCH3 is 1. The van der Waals surface area contributed by atoms with Crippen LogP contribution in [0.15, 0.2) is 65.2 Å². The third-order valence-electron chi connectivity index (χ3n) is 6.02. The molecular weight excluding hydrogens is 445 g/mol. The number of rotatable bonds is 8. The lowest BCUT2D eigenvalue weighted by atomic mass is 9.91. The first-order chi connectivity index (χ1) is 17.0. The molecule has 4 aromatic rings. The van der Waals surface area contributed by atoms with Crippen LogP contribution in [0.2, 0.25) is 0 Å². The number of nitrogens with two attached hydrogens (primary N) is 1. The summed E-state index contributed by atoms with van der Waals surface area (Å²) in [6, 6.07) is 20.7. The zero-order chi connectivity index (χ0) is 24.9. The fourth-order valence-electron chi connectivity index (χ4n) is 4.25. The summed E-state index contributed by atoms with van der Waals surface area (Å²) < 4.78 is 26.2. The number of hydrogen-bond acceptors (Lipinski definition) is 5. The number of halogens is 1. The lowest BCUT2D eigenvalue weighted by molar-refractivity contribution is 0.0996. The van der Waals surface area contributed by atoms with E-state index < -0.39 is 11.7 Å². The molecule has 0 fully saturated rings. The third kappa shape index (κ3) is 4.70. The van der Waals surface area contributed by atoms with Crippen LogP contribution in [0.1, 0.15) is 33.5 Å². The largest absolute Gasteiger partial charge is 0.380 e. The van der Waals surface area contributed by atoms with Crippen LogP contribution >= 0.6 is 0 Å². The van der Waals surface area contributed by atoms with E-state index in [-0.39, 0.29) is 24.0 Å². The minimum Gasteiger partial charge on any atom is -0.380 e. The second kappa shape index (κ2) is 10.3. The number of carbonyl (C=O) groups is 1. The highest BCUT2D eigenvalue weighted by molar-refractivity contribution is 5.94. The summed E-state index contributed by atoms with van der Waals surface area (Å²) in [6.45, 7) is 2.41. The molecule has 0 aliphatic rings. The second-order valence-corrected chi connectivity index (χ2v) is 8.12. The third-order valence-corrected chi connectivity index (χ3v) is 6.02. The Kier molecular flexibility index (Phi) is 7.04. The molecule has 0 bridgehead atoms. The molecule has 1 aromatic heterocycles. The van der Waals surface area contributed by atoms with Crippen LogP contribution < -0.4 is 5.73 Å². The molecule has 7 heteroatoms. The molecule has 0 unspecified atom stereocenters. The standard InChI is InChI=1S/C28H24FN3O3/c1-17-19(18-7-4-3-5-8-18)10-12-21(24(17)16-34-2)26-15-25(32-35-26)20-11-13-23(28(31)33)27(29)22(20)9-6-14-30/h3-5,7-8,10-13,15H,6,9,16H2,1-2H3,(H2,31,33). The summed E-state index contributed by atoms with van der Waals surface area (Å²) >= 11 is 0. The highest BCUT2D eigenvalue weighted by Gasteiger charge is 2.21. The van der Waals surface area contributed by atoms with E-state index in [2.05, 4.69) is 17.3 Å². The van der Waals surface area contributed by atoms with Gasteiger partial charge in [0.05, 0.1) is 18.2 Å². The van der Waals surface area contributed by atoms with Crippen molar-refractivity contribution < 1.29 is 18.4 Å². The predicted molar refractivity (Wildman–Crippen MR) is 131 cm³/mol. The Hall–Kier alpha value is -4.28. The van der Waals surface area contributed by atoms with Gasteiger partial charge in [-0.25, -0.2) is 4.39 Å². The van der Waals surface area contributed by atoms with Gasteiger partial charge in [0.15, 0.2) is 5.76 Å². The Morgan fingerprint density at radius 3 is 2.49 bits per heavy atom. The van der Waals surface area contributed by atoms with Crippen molar-refractivity contribution in [2.24, 2.45) is 5.73 Å². The monoisotopic (exact) mass is 469 g/mol. The normalized spacial score (nSPS) is 10.8. The average Bonchev–Trinajstić information content (AvgIpc) is 3.34. The van der Waals surface area contributed by atoms with Crippen LogP contribution in [0.25, 0.3) is 33.7 Å². The highest BCUT2D eigenvalue weighted by atomic mass is 19.1. The van der Waals surface area contributed by atoms with E-state index in [1.165, 1.54) is 6.07 Å². The van der Waals surface area contributed by atoms with Gasteiger partial charge in [0.25, 0.3) is 5.91 Å². The van der Waals surface area contributed by atoms with E-state index >= 15 is 4.39 Å². The molecule has 0 saturated carbocycles. The van der Waals surface area contributed by atoms with Gasteiger partial charge in [0, 0.05) is 30.7 Å². The van der Waals surface area contributed by atoms with Crippen LogP contribution in [-0.2, 0) is 17.8 Å². The Morgan fingerprint density at radius 2 is 1.80 bits per heavy atom. The van der Waals surface area contributed by atoms with Gasteiger partial charge in [0.2, 0.25) is 0 Å². The van der Waals surface area contributed by atoms with Crippen LogP contribution in [0.4, 0.5) is 4.39 Å². The van der Waals surface area contributed by atoms with Gasteiger partial charge in [-0.2, -0.15) is 5.26 Å². The average molecular weight is 470 g/mol. The number of ether oxygens (including phenoxy) is 1. The van der Waals surface area contributed by atoms with Gasteiger partial charge < -0.3 is 15.0 Å². The lowest BCUT2D eigenvalue weighted by Gasteiger charge is -2.15. The predicted octanol–water partition coefficient (Wildman–Crippen LogP) is 5.82. The Balaban J connectivity index is 1.80. The van der Waals surface area contributed by atoms with E-state index in [9.17, 15) is 4.79 Å². The van der Waals surface area contributed by atoms with Crippen LogP contribution in [0.5, 0.6) is 0 Å². The van der Waals surface area contributed by atoms with Crippen LogP contribution in [-0.4, -0.2) is 18.2 Å². The second-order valence-electron chi connectivity index (χ2n) is 8.12. The quantitative estimate of drug-likeness (QED) is 0.350. The van der Waals surface area contributed by atoms with Gasteiger partial charge in [0.1, 0.15) is 11.5 Å². The van der Waals surface area contributed by atoms with Crippen molar-refractivity contribution in [1.29, 1.82) is 5.26 Å². The van der Waals surface area contributed by atoms with Crippen molar-refractivity contribution in [2.45, 2.75) is 26.4 Å². The van der Waals surface area contributed by atoms with E-state index in [4.69, 9.17) is 20.3 Å². The Bertz CT molecular complexity index is 1420. The number of amides is 1. The summed E-state index contributed by atoms with van der Waals surface area (Å²) in [4.78, 5) is 11.6. The molecule has 0 saturated heterocycles. The molecule has 0 spiro atoms. The maximum absolute atomic E-state index is 15.1. The fraction of sp³-hybridized carbons (Fsp3) is 0.179. The van der Waals surface area contributed by atoms with Crippen molar-refractivity contribution >= 4 is 5.91 Å². The number of nitrogens with zero attached hydrogens (tertiary/aromatic N) is 2. The number of primary amides is 1. The molecule has 0 aliphatic carbocycles. The fourth-order valence-corrected chi connectivity index (χ4v) is 4.25. The topological polar surface area (TPSA) is 102 Å². The highest BCUT2D eigenvalue weighted by Crippen LogP contribution is 2.36. The number of benzene rings is 3. The van der Waals surface area contributed by atoms with Gasteiger partial charge in [-0.3, -0.25) is 4.79 Å². The molecule has 1 amide bonds. The molecule has 35 heavy (non-hydrogen) atoms. The molecule has 1 heterocycles. The molecule has 3 aromatic carbocycles. The van der Waals surface area contributed by atoms with E-state index in [1.54, 1.807) is 19.2 Å². The zero-order valence-electron chi connectivity index (χ0n) is 19.5. The minimum absolute atomic E-state index is 0.0783. The zero-order valence-corrected chi connectivity index (χ0v) is 19.5. The maximum Gasteiger partial charge on any atom is 0.251 e. The van der Waals surface area contributed by atoms with Gasteiger partial charge >= 0.3 is 0 Å². The smallest absolute Gasteiger partial charge is 0.251 e. The summed E-state index contributed by atoms with van der Waals surface area (Å²) in [7, 11) is 1.63. The molecule has 6 nitrogen and oxygen atoms in total. The minimum atomic E-state index is -0.869. The summed E-state index contributed by atoms with van der Waals surface area (Å²) in [5.41, 5.74) is 11.1. The van der Waals surface area contributed by atoms with Crippen LogP contribution in [0, 0.1) is 24.1 Å². The Labute approximate surface area is 202 Å². The maximum atomic E-state index is 15.1. The first-order valence-corrected chi connectivity index (χ1v) is 11.1. The van der Waals surface area contributed by atoms with Crippen molar-refractivity contribution in [3.63, 3.8) is 0 Å². The number of aromatic nitrogens is 1. The van der Waals surface area contributed by atoms with E-state index in [1.807, 2.05) is 43.3 Å². The van der Waals surface area contributed by atoms with E-state index in [0.29, 0.717) is 23.6 Å². The van der Waals surface area contributed by atoms with Crippen molar-refractivity contribution in [3.05, 3.63) is 88.7 Å². The van der Waals surface area contributed by atoms with Gasteiger partial charge in [-0.15, -0.1) is 0 Å². The summed E-state index contributed by atoms with van der Waals surface area (Å²) in [6.07, 6.45) is 0.190. The van der Waals surface area contributed by atoms with E-state index in [0.717, 1.165) is 27.8 Å². The summed E-state index contributed by atoms with van der Waals surface area (Å²) in [5, 5.41) is 13.2.